The van der Waals surface area contributed by atoms with Gasteiger partial charge in [-0.05, 0) is 19.9 Å². The molecule has 1 aromatic rings. The molecular weight excluding hydrogens is 240 g/mol. The van der Waals surface area contributed by atoms with Crippen molar-refractivity contribution in [2.45, 2.75) is 32.5 Å². The van der Waals surface area contributed by atoms with E-state index < -0.39 is 0 Å². The second kappa shape index (κ2) is 6.26. The predicted octanol–water partition coefficient (Wildman–Crippen LogP) is 1.89. The van der Waals surface area contributed by atoms with Crippen molar-refractivity contribution >= 4 is 0 Å². The van der Waals surface area contributed by atoms with E-state index in [0.717, 1.165) is 31.1 Å². The molecule has 0 aliphatic carbocycles. The third-order valence-electron chi connectivity index (χ3n) is 3.75. The Balaban J connectivity index is 2.18. The van der Waals surface area contributed by atoms with E-state index in [9.17, 15) is 0 Å². The molecule has 0 bridgehead atoms. The molecule has 0 amide bonds. The van der Waals surface area contributed by atoms with Gasteiger partial charge < -0.3 is 14.8 Å². The minimum atomic E-state index is 0.534. The van der Waals surface area contributed by atoms with Gasteiger partial charge in [-0.3, -0.25) is 4.90 Å². The average molecular weight is 264 g/mol. The summed E-state index contributed by atoms with van der Waals surface area (Å²) in [5, 5.41) is 3.50. The number of ether oxygens (including phenoxy) is 2. The van der Waals surface area contributed by atoms with Gasteiger partial charge in [0.15, 0.2) is 11.5 Å². The molecule has 4 nitrogen and oxygen atoms in total. The number of benzene rings is 1. The van der Waals surface area contributed by atoms with Crippen molar-refractivity contribution in [1.29, 1.82) is 0 Å². The summed E-state index contributed by atoms with van der Waals surface area (Å²) in [6, 6.07) is 7.14. The van der Waals surface area contributed by atoms with Crippen molar-refractivity contribution < 1.29 is 9.47 Å². The Labute approximate surface area is 115 Å². The molecule has 1 fully saturated rings. The minimum Gasteiger partial charge on any atom is -0.493 e. The lowest BCUT2D eigenvalue weighted by atomic mass is 10.1. The van der Waals surface area contributed by atoms with Crippen molar-refractivity contribution in [3.05, 3.63) is 23.8 Å². The summed E-state index contributed by atoms with van der Waals surface area (Å²) in [5.41, 5.74) is 1.18. The van der Waals surface area contributed by atoms with E-state index >= 15 is 0 Å². The SMILES string of the molecule is COc1cccc(CN2CC(C)NCC2C)c1OC. The summed E-state index contributed by atoms with van der Waals surface area (Å²) < 4.78 is 10.9. The van der Waals surface area contributed by atoms with Crippen LogP contribution in [0.1, 0.15) is 19.4 Å². The van der Waals surface area contributed by atoms with Crippen LogP contribution in [0, 0.1) is 0 Å². The van der Waals surface area contributed by atoms with Crippen molar-refractivity contribution in [2.75, 3.05) is 27.3 Å². The Hall–Kier alpha value is -1.26. The number of nitrogens with zero attached hydrogens (tertiary/aromatic N) is 1. The zero-order valence-corrected chi connectivity index (χ0v) is 12.3. The molecule has 0 radical (unpaired) electrons. The first-order valence-corrected chi connectivity index (χ1v) is 6.83. The van der Waals surface area contributed by atoms with E-state index in [1.807, 2.05) is 12.1 Å². The Morgan fingerprint density at radius 2 is 2.05 bits per heavy atom. The lowest BCUT2D eigenvalue weighted by Gasteiger charge is -2.37. The highest BCUT2D eigenvalue weighted by molar-refractivity contribution is 5.46. The van der Waals surface area contributed by atoms with Gasteiger partial charge in [0, 0.05) is 37.3 Å². The van der Waals surface area contributed by atoms with E-state index in [-0.39, 0.29) is 0 Å². The monoisotopic (exact) mass is 264 g/mol. The van der Waals surface area contributed by atoms with Crippen LogP contribution in [-0.2, 0) is 6.54 Å². The molecule has 4 heteroatoms. The van der Waals surface area contributed by atoms with Crippen LogP contribution in [-0.4, -0.2) is 44.3 Å². The summed E-state index contributed by atoms with van der Waals surface area (Å²) in [7, 11) is 3.38. The summed E-state index contributed by atoms with van der Waals surface area (Å²) >= 11 is 0. The van der Waals surface area contributed by atoms with Gasteiger partial charge in [0.1, 0.15) is 0 Å². The molecule has 0 spiro atoms. The second-order valence-corrected chi connectivity index (χ2v) is 5.24. The molecule has 2 atom stereocenters. The van der Waals surface area contributed by atoms with Gasteiger partial charge in [0.2, 0.25) is 0 Å². The fourth-order valence-electron chi connectivity index (χ4n) is 2.61. The van der Waals surface area contributed by atoms with Crippen molar-refractivity contribution in [2.24, 2.45) is 0 Å². The number of methoxy groups -OCH3 is 2. The molecule has 0 saturated carbocycles. The zero-order chi connectivity index (χ0) is 13.8. The van der Waals surface area contributed by atoms with Crippen molar-refractivity contribution in [3.63, 3.8) is 0 Å². The van der Waals surface area contributed by atoms with E-state index in [1.165, 1.54) is 5.56 Å². The maximum absolute atomic E-state index is 5.50. The first kappa shape index (κ1) is 14.2. The van der Waals surface area contributed by atoms with E-state index in [0.29, 0.717) is 12.1 Å². The third kappa shape index (κ3) is 3.19. The van der Waals surface area contributed by atoms with Crippen LogP contribution in [0.5, 0.6) is 11.5 Å². The van der Waals surface area contributed by atoms with Crippen LogP contribution in [0.3, 0.4) is 0 Å². The molecule has 0 aromatic heterocycles. The van der Waals surface area contributed by atoms with Crippen molar-refractivity contribution in [1.82, 2.24) is 10.2 Å². The lowest BCUT2D eigenvalue weighted by molar-refractivity contribution is 0.137. The second-order valence-electron chi connectivity index (χ2n) is 5.24. The quantitative estimate of drug-likeness (QED) is 0.900. The van der Waals surface area contributed by atoms with Gasteiger partial charge >= 0.3 is 0 Å². The largest absolute Gasteiger partial charge is 0.493 e. The van der Waals surface area contributed by atoms with Crippen LogP contribution < -0.4 is 14.8 Å². The fourth-order valence-corrected chi connectivity index (χ4v) is 2.61. The summed E-state index contributed by atoms with van der Waals surface area (Å²) in [6.45, 7) is 7.47. The molecular formula is C15H24N2O2. The number of piperazine rings is 1. The van der Waals surface area contributed by atoms with Gasteiger partial charge in [-0.2, -0.15) is 0 Å². The molecule has 1 aliphatic heterocycles. The molecule has 2 rings (SSSR count). The molecule has 1 aliphatic rings. The Kier molecular flexibility index (Phi) is 4.66. The highest BCUT2D eigenvalue weighted by Gasteiger charge is 2.23. The Bertz CT molecular complexity index is 423. The van der Waals surface area contributed by atoms with E-state index in [4.69, 9.17) is 9.47 Å². The molecule has 1 saturated heterocycles. The maximum Gasteiger partial charge on any atom is 0.165 e. The smallest absolute Gasteiger partial charge is 0.165 e. The summed E-state index contributed by atoms with van der Waals surface area (Å²) in [5.74, 6) is 1.65. The molecule has 2 unspecified atom stereocenters. The van der Waals surface area contributed by atoms with Gasteiger partial charge in [-0.15, -0.1) is 0 Å². The first-order valence-electron chi connectivity index (χ1n) is 6.83. The van der Waals surface area contributed by atoms with Gasteiger partial charge in [0.25, 0.3) is 0 Å². The van der Waals surface area contributed by atoms with Gasteiger partial charge in [-0.25, -0.2) is 0 Å². The average Bonchev–Trinajstić information content (AvgIpc) is 2.42. The standard InChI is InChI=1S/C15H24N2O2/c1-11-9-17(12(2)8-16-11)10-13-6-5-7-14(18-3)15(13)19-4/h5-7,11-12,16H,8-10H2,1-4H3. The summed E-state index contributed by atoms with van der Waals surface area (Å²) in [6.07, 6.45) is 0. The van der Waals surface area contributed by atoms with E-state index in [2.05, 4.69) is 30.1 Å². The first-order chi connectivity index (χ1) is 9.15. The fraction of sp³-hybridized carbons (Fsp3) is 0.600. The summed E-state index contributed by atoms with van der Waals surface area (Å²) in [4.78, 5) is 2.48. The number of rotatable bonds is 4. The number of hydrogen-bond donors (Lipinski definition) is 1. The highest BCUT2D eigenvalue weighted by atomic mass is 16.5. The number of nitrogens with one attached hydrogen (secondary N) is 1. The van der Waals surface area contributed by atoms with Crippen LogP contribution in [0.2, 0.25) is 0 Å². The van der Waals surface area contributed by atoms with Crippen molar-refractivity contribution in [3.8, 4) is 11.5 Å². The number of para-hydroxylation sites is 1. The van der Waals surface area contributed by atoms with Gasteiger partial charge in [0.05, 0.1) is 14.2 Å². The predicted molar refractivity (Wildman–Crippen MR) is 76.9 cm³/mol. The molecule has 19 heavy (non-hydrogen) atoms. The third-order valence-corrected chi connectivity index (χ3v) is 3.75. The Morgan fingerprint density at radius 1 is 1.26 bits per heavy atom. The van der Waals surface area contributed by atoms with Crippen LogP contribution in [0.4, 0.5) is 0 Å². The van der Waals surface area contributed by atoms with Gasteiger partial charge in [-0.1, -0.05) is 12.1 Å². The number of hydrogen-bond acceptors (Lipinski definition) is 4. The zero-order valence-electron chi connectivity index (χ0n) is 12.3. The Morgan fingerprint density at radius 3 is 2.74 bits per heavy atom. The maximum atomic E-state index is 5.50. The molecule has 1 aromatic carbocycles. The van der Waals surface area contributed by atoms with Crippen LogP contribution in [0.25, 0.3) is 0 Å². The lowest BCUT2D eigenvalue weighted by Crippen LogP contribution is -2.53. The highest BCUT2D eigenvalue weighted by Crippen LogP contribution is 2.32. The molecule has 1 heterocycles. The van der Waals surface area contributed by atoms with Crippen LogP contribution in [0.15, 0.2) is 18.2 Å². The molecule has 106 valence electrons. The van der Waals surface area contributed by atoms with E-state index in [1.54, 1.807) is 14.2 Å². The minimum absolute atomic E-state index is 0.534. The normalized spacial score (nSPS) is 24.2. The van der Waals surface area contributed by atoms with Crippen LogP contribution >= 0.6 is 0 Å². The topological polar surface area (TPSA) is 33.7 Å². The molecule has 1 N–H and O–H groups in total.